The Hall–Kier alpha value is -1.55. The van der Waals surface area contributed by atoms with Gasteiger partial charge in [0.15, 0.2) is 11.5 Å². The molecule has 0 saturated carbocycles. The smallest absolute Gasteiger partial charge is 0.160 e. The van der Waals surface area contributed by atoms with Gasteiger partial charge in [-0.25, -0.2) is 0 Å². The van der Waals surface area contributed by atoms with Gasteiger partial charge < -0.3 is 19.7 Å². The summed E-state index contributed by atoms with van der Waals surface area (Å²) in [5, 5.41) is 18.8. The highest BCUT2D eigenvalue weighted by atomic mass is 16.5. The standard InChI is InChI=1S/C12H16O4/c1-16-12-8-9(3-5-11(12)15)2-4-10(14)6-7-13/h3,5,7-8,10,14-15H,2,4,6H2,1H3. The minimum Gasteiger partial charge on any atom is -0.504 e. The number of aliphatic hydroxyl groups is 1. The number of aromatic hydroxyl groups is 1. The molecule has 16 heavy (non-hydrogen) atoms. The van der Waals surface area contributed by atoms with Gasteiger partial charge in [-0.1, -0.05) is 6.07 Å². The topological polar surface area (TPSA) is 66.8 Å². The first-order valence-corrected chi connectivity index (χ1v) is 5.15. The lowest BCUT2D eigenvalue weighted by atomic mass is 10.0. The lowest BCUT2D eigenvalue weighted by molar-refractivity contribution is -0.109. The van der Waals surface area contributed by atoms with Crippen molar-refractivity contribution in [3.63, 3.8) is 0 Å². The quantitative estimate of drug-likeness (QED) is 0.714. The molecule has 1 atom stereocenters. The van der Waals surface area contributed by atoms with E-state index < -0.39 is 6.10 Å². The first-order valence-electron chi connectivity index (χ1n) is 5.15. The summed E-state index contributed by atoms with van der Waals surface area (Å²) in [5.74, 6) is 0.516. The van der Waals surface area contributed by atoms with E-state index in [1.54, 1.807) is 18.2 Å². The molecule has 4 heteroatoms. The van der Waals surface area contributed by atoms with E-state index in [4.69, 9.17) is 4.74 Å². The summed E-state index contributed by atoms with van der Waals surface area (Å²) < 4.78 is 4.97. The van der Waals surface area contributed by atoms with Crippen LogP contribution in [0.3, 0.4) is 0 Å². The zero-order valence-corrected chi connectivity index (χ0v) is 9.22. The van der Waals surface area contributed by atoms with Crippen molar-refractivity contribution in [3.05, 3.63) is 23.8 Å². The Morgan fingerprint density at radius 1 is 1.50 bits per heavy atom. The van der Waals surface area contributed by atoms with Crippen molar-refractivity contribution in [2.45, 2.75) is 25.4 Å². The molecule has 1 aromatic rings. The third kappa shape index (κ3) is 3.55. The predicted octanol–water partition coefficient (Wildman–Crippen LogP) is 1.28. The van der Waals surface area contributed by atoms with Crippen LogP contribution in [-0.4, -0.2) is 29.7 Å². The molecular formula is C12H16O4. The number of carbonyl (C=O) groups is 1. The molecule has 0 aliphatic carbocycles. The van der Waals surface area contributed by atoms with Crippen LogP contribution in [0.1, 0.15) is 18.4 Å². The van der Waals surface area contributed by atoms with Crippen LogP contribution < -0.4 is 4.74 Å². The zero-order valence-electron chi connectivity index (χ0n) is 9.22. The van der Waals surface area contributed by atoms with Crippen LogP contribution in [0, 0.1) is 0 Å². The number of phenolic OH excluding ortho intramolecular Hbond substituents is 1. The molecule has 4 nitrogen and oxygen atoms in total. The lowest BCUT2D eigenvalue weighted by Gasteiger charge is -2.09. The maximum atomic E-state index is 10.2. The van der Waals surface area contributed by atoms with E-state index in [-0.39, 0.29) is 12.2 Å². The predicted molar refractivity (Wildman–Crippen MR) is 59.7 cm³/mol. The normalized spacial score (nSPS) is 12.1. The summed E-state index contributed by atoms with van der Waals surface area (Å²) in [4.78, 5) is 10.2. The summed E-state index contributed by atoms with van der Waals surface area (Å²) in [7, 11) is 1.49. The first kappa shape index (κ1) is 12.5. The summed E-state index contributed by atoms with van der Waals surface area (Å²) in [6.45, 7) is 0. The molecule has 0 amide bonds. The van der Waals surface area contributed by atoms with E-state index in [0.717, 1.165) is 5.56 Å². The van der Waals surface area contributed by atoms with Gasteiger partial charge in [0.1, 0.15) is 6.29 Å². The monoisotopic (exact) mass is 224 g/mol. The highest BCUT2D eigenvalue weighted by Crippen LogP contribution is 2.26. The fraction of sp³-hybridized carbons (Fsp3) is 0.417. The van der Waals surface area contributed by atoms with E-state index in [9.17, 15) is 15.0 Å². The Kier molecular flexibility index (Phi) is 4.79. The van der Waals surface area contributed by atoms with Gasteiger partial charge >= 0.3 is 0 Å². The maximum absolute atomic E-state index is 10.2. The Morgan fingerprint density at radius 2 is 2.25 bits per heavy atom. The molecule has 0 fully saturated rings. The number of rotatable bonds is 6. The van der Waals surface area contributed by atoms with Gasteiger partial charge in [0.2, 0.25) is 0 Å². The summed E-state index contributed by atoms with van der Waals surface area (Å²) in [5.41, 5.74) is 0.958. The molecule has 0 heterocycles. The molecule has 0 bridgehead atoms. The van der Waals surface area contributed by atoms with E-state index >= 15 is 0 Å². The average Bonchev–Trinajstić information content (AvgIpc) is 2.28. The largest absolute Gasteiger partial charge is 0.504 e. The Labute approximate surface area is 94.5 Å². The fourth-order valence-electron chi connectivity index (χ4n) is 1.44. The number of phenols is 1. The second-order valence-corrected chi connectivity index (χ2v) is 3.60. The zero-order chi connectivity index (χ0) is 12.0. The van der Waals surface area contributed by atoms with Crippen molar-refractivity contribution in [3.8, 4) is 11.5 Å². The molecule has 0 aliphatic rings. The second kappa shape index (κ2) is 6.12. The second-order valence-electron chi connectivity index (χ2n) is 3.60. The van der Waals surface area contributed by atoms with E-state index in [0.29, 0.717) is 24.9 Å². The van der Waals surface area contributed by atoms with E-state index in [2.05, 4.69) is 0 Å². The van der Waals surface area contributed by atoms with E-state index in [1.807, 2.05) is 0 Å². The van der Waals surface area contributed by atoms with Crippen LogP contribution in [0.4, 0.5) is 0 Å². The maximum Gasteiger partial charge on any atom is 0.160 e. The average molecular weight is 224 g/mol. The number of methoxy groups -OCH3 is 1. The molecule has 88 valence electrons. The van der Waals surface area contributed by atoms with Crippen LogP contribution in [-0.2, 0) is 11.2 Å². The number of hydrogen-bond acceptors (Lipinski definition) is 4. The molecule has 0 aliphatic heterocycles. The Balaban J connectivity index is 2.57. The molecule has 1 rings (SSSR count). The molecule has 1 unspecified atom stereocenters. The third-order valence-electron chi connectivity index (χ3n) is 2.38. The number of ether oxygens (including phenoxy) is 1. The summed E-state index contributed by atoms with van der Waals surface area (Å²) >= 11 is 0. The van der Waals surface area contributed by atoms with Crippen molar-refractivity contribution in [1.29, 1.82) is 0 Å². The van der Waals surface area contributed by atoms with E-state index in [1.165, 1.54) is 7.11 Å². The van der Waals surface area contributed by atoms with Crippen LogP contribution in [0.15, 0.2) is 18.2 Å². The number of benzene rings is 1. The number of aldehydes is 1. The van der Waals surface area contributed by atoms with Gasteiger partial charge in [0.05, 0.1) is 13.2 Å². The minimum atomic E-state index is -0.600. The van der Waals surface area contributed by atoms with Crippen LogP contribution in [0.5, 0.6) is 11.5 Å². The van der Waals surface area contributed by atoms with Gasteiger partial charge in [-0.3, -0.25) is 0 Å². The van der Waals surface area contributed by atoms with Crippen molar-refractivity contribution in [2.24, 2.45) is 0 Å². The molecule has 0 spiro atoms. The van der Waals surface area contributed by atoms with Crippen LogP contribution in [0.2, 0.25) is 0 Å². The lowest BCUT2D eigenvalue weighted by Crippen LogP contribution is -2.08. The minimum absolute atomic E-state index is 0.0969. The Bertz CT molecular complexity index is 349. The first-order chi connectivity index (χ1) is 7.67. The highest BCUT2D eigenvalue weighted by molar-refractivity contribution is 5.50. The van der Waals surface area contributed by atoms with Gasteiger partial charge in [-0.15, -0.1) is 0 Å². The van der Waals surface area contributed by atoms with Crippen molar-refractivity contribution >= 4 is 6.29 Å². The summed E-state index contributed by atoms with van der Waals surface area (Å²) in [6, 6.07) is 5.05. The van der Waals surface area contributed by atoms with Crippen LogP contribution >= 0.6 is 0 Å². The summed E-state index contributed by atoms with van der Waals surface area (Å²) in [6.07, 6.45) is 1.44. The highest BCUT2D eigenvalue weighted by Gasteiger charge is 2.06. The molecular weight excluding hydrogens is 208 g/mol. The number of carbonyl (C=O) groups excluding carboxylic acids is 1. The SMILES string of the molecule is COc1cc(CCC(O)CC=O)ccc1O. The number of aryl methyl sites for hydroxylation is 1. The van der Waals surface area contributed by atoms with Crippen molar-refractivity contribution in [1.82, 2.24) is 0 Å². The molecule has 2 N–H and O–H groups in total. The molecule has 1 aromatic carbocycles. The van der Waals surface area contributed by atoms with Crippen molar-refractivity contribution in [2.75, 3.05) is 7.11 Å². The van der Waals surface area contributed by atoms with Gasteiger partial charge in [0.25, 0.3) is 0 Å². The number of hydrogen-bond donors (Lipinski definition) is 2. The third-order valence-corrected chi connectivity index (χ3v) is 2.38. The van der Waals surface area contributed by atoms with Gasteiger partial charge in [0, 0.05) is 6.42 Å². The number of aliphatic hydroxyl groups excluding tert-OH is 1. The molecule has 0 saturated heterocycles. The van der Waals surface area contributed by atoms with Gasteiger partial charge in [-0.2, -0.15) is 0 Å². The fourth-order valence-corrected chi connectivity index (χ4v) is 1.44. The van der Waals surface area contributed by atoms with Crippen molar-refractivity contribution < 1.29 is 19.7 Å². The van der Waals surface area contributed by atoms with Crippen LogP contribution in [0.25, 0.3) is 0 Å². The Morgan fingerprint density at radius 3 is 2.88 bits per heavy atom. The molecule has 0 radical (unpaired) electrons. The molecule has 0 aromatic heterocycles. The van der Waals surface area contributed by atoms with Gasteiger partial charge in [-0.05, 0) is 30.5 Å².